The van der Waals surface area contributed by atoms with Crippen molar-refractivity contribution in [3.05, 3.63) is 11.8 Å². The van der Waals surface area contributed by atoms with E-state index >= 15 is 0 Å². The van der Waals surface area contributed by atoms with E-state index in [1.54, 1.807) is 0 Å². The molecule has 13 heteroatoms. The molecule has 0 atom stereocenters. The molecular formula is C20H25F6N3O4. The summed E-state index contributed by atoms with van der Waals surface area (Å²) >= 11 is 0. The van der Waals surface area contributed by atoms with Crippen LogP contribution in [-0.4, -0.2) is 53.5 Å². The lowest BCUT2D eigenvalue weighted by atomic mass is 9.82. The van der Waals surface area contributed by atoms with Gasteiger partial charge in [-0.3, -0.25) is 9.53 Å². The van der Waals surface area contributed by atoms with Crippen LogP contribution in [0.3, 0.4) is 0 Å². The molecule has 1 heterocycles. The van der Waals surface area contributed by atoms with Crippen molar-refractivity contribution < 1.29 is 45.0 Å². The van der Waals surface area contributed by atoms with Crippen LogP contribution in [0.15, 0.2) is 4.42 Å². The fraction of sp³-hybridized carbons (Fsp3) is 0.850. The Bertz CT molecular complexity index is 809. The summed E-state index contributed by atoms with van der Waals surface area (Å²) < 4.78 is 89.0. The molecular weight excluding hydrogens is 460 g/mol. The zero-order chi connectivity index (χ0) is 23.8. The number of hydrogen-bond acceptors (Lipinski definition) is 6. The largest absolute Gasteiger partial charge is 0.522 e. The molecule has 3 aliphatic rings. The zero-order valence-corrected chi connectivity index (χ0v) is 17.6. The van der Waals surface area contributed by atoms with E-state index in [4.69, 9.17) is 9.15 Å². The van der Waals surface area contributed by atoms with Gasteiger partial charge >= 0.3 is 12.5 Å². The Morgan fingerprint density at radius 2 is 1.52 bits per heavy atom. The van der Waals surface area contributed by atoms with Gasteiger partial charge in [-0.25, -0.2) is 0 Å². The van der Waals surface area contributed by atoms with Crippen LogP contribution >= 0.6 is 0 Å². The van der Waals surface area contributed by atoms with Crippen LogP contribution < -0.4 is 5.32 Å². The molecule has 186 valence electrons. The summed E-state index contributed by atoms with van der Waals surface area (Å²) in [5, 5.41) is 10.9. The van der Waals surface area contributed by atoms with Crippen LogP contribution in [0.2, 0.25) is 0 Å². The van der Waals surface area contributed by atoms with Crippen molar-refractivity contribution in [2.75, 3.05) is 6.61 Å². The Balaban J connectivity index is 1.13. The first-order chi connectivity index (χ1) is 15.5. The minimum Gasteiger partial charge on any atom is -0.425 e. The minimum absolute atomic E-state index is 0.00669. The average Bonchev–Trinajstić information content (AvgIpc) is 3.11. The Morgan fingerprint density at radius 1 is 0.909 bits per heavy atom. The Kier molecular flexibility index (Phi) is 6.90. The van der Waals surface area contributed by atoms with Gasteiger partial charge in [0.2, 0.25) is 17.7 Å². The number of carbonyl (C=O) groups excluding carboxylic acids is 1. The summed E-state index contributed by atoms with van der Waals surface area (Å²) in [5.74, 6) is -1.16. The van der Waals surface area contributed by atoms with Crippen molar-refractivity contribution in [1.29, 1.82) is 0 Å². The second-order valence-electron chi connectivity index (χ2n) is 9.09. The Morgan fingerprint density at radius 3 is 2.09 bits per heavy atom. The summed E-state index contributed by atoms with van der Waals surface area (Å²) in [4.78, 5) is 12.0. The van der Waals surface area contributed by atoms with E-state index in [0.29, 0.717) is 37.5 Å². The fourth-order valence-corrected chi connectivity index (χ4v) is 4.55. The first-order valence-electron chi connectivity index (χ1n) is 11.0. The second-order valence-corrected chi connectivity index (χ2v) is 9.09. The molecule has 0 spiro atoms. The molecule has 0 radical (unpaired) electrons. The highest BCUT2D eigenvalue weighted by Gasteiger charge is 2.48. The number of carbonyl (C=O) groups is 1. The van der Waals surface area contributed by atoms with Gasteiger partial charge in [-0.2, -0.15) is 13.2 Å². The number of halogens is 6. The van der Waals surface area contributed by atoms with E-state index in [-0.39, 0.29) is 56.1 Å². The van der Waals surface area contributed by atoms with Crippen molar-refractivity contribution in [2.45, 2.75) is 94.0 Å². The quantitative estimate of drug-likeness (QED) is 0.578. The van der Waals surface area contributed by atoms with E-state index in [1.807, 2.05) is 0 Å². The molecule has 4 rings (SSSR count). The third kappa shape index (κ3) is 6.37. The lowest BCUT2D eigenvalue weighted by Crippen LogP contribution is -2.44. The highest BCUT2D eigenvalue weighted by Crippen LogP contribution is 2.43. The fourth-order valence-electron chi connectivity index (χ4n) is 4.55. The molecule has 0 bridgehead atoms. The van der Waals surface area contributed by atoms with Crippen LogP contribution in [0.5, 0.6) is 0 Å². The number of aromatic nitrogens is 2. The van der Waals surface area contributed by atoms with Gasteiger partial charge in [0.15, 0.2) is 0 Å². The minimum atomic E-state index is -4.65. The van der Waals surface area contributed by atoms with Crippen LogP contribution in [0.1, 0.15) is 75.0 Å². The van der Waals surface area contributed by atoms with Crippen LogP contribution in [0.4, 0.5) is 26.3 Å². The smallest absolute Gasteiger partial charge is 0.425 e. The maximum atomic E-state index is 12.5. The monoisotopic (exact) mass is 485 g/mol. The highest BCUT2D eigenvalue weighted by molar-refractivity contribution is 5.77. The molecule has 0 aromatic carbocycles. The van der Waals surface area contributed by atoms with E-state index in [9.17, 15) is 31.1 Å². The molecule has 0 saturated heterocycles. The van der Waals surface area contributed by atoms with E-state index in [1.165, 1.54) is 0 Å². The van der Waals surface area contributed by atoms with Crippen molar-refractivity contribution in [3.8, 4) is 0 Å². The molecule has 7 nitrogen and oxygen atoms in total. The number of hydrogen-bond donors (Lipinski definition) is 1. The summed E-state index contributed by atoms with van der Waals surface area (Å²) in [6.45, 7) is -0.261. The van der Waals surface area contributed by atoms with Crippen molar-refractivity contribution in [2.24, 2.45) is 5.92 Å². The number of nitrogens with zero attached hydrogens (tertiary/aromatic N) is 2. The summed E-state index contributed by atoms with van der Waals surface area (Å²) in [6.07, 6.45) is -7.42. The molecule has 33 heavy (non-hydrogen) atoms. The Labute approximate surface area is 185 Å². The molecule has 1 aromatic rings. The molecule has 0 aliphatic heterocycles. The standard InChI is InChI=1S/C20H25F6N3O4/c21-19(22,23)12-7-14(8-12)31-9-16(30)27-13-3-1-10(2-4-13)17-28-29-18(32-17)11-5-15(6-11)33-20(24,25)26/h10-15H,1-9H2,(H,27,30)/t10?,11?,12-,13?,14+,15?. The summed E-state index contributed by atoms with van der Waals surface area (Å²) in [6, 6.07) is -0.0732. The van der Waals surface area contributed by atoms with Gasteiger partial charge in [0.1, 0.15) is 6.61 Å². The average molecular weight is 485 g/mol. The van der Waals surface area contributed by atoms with E-state index in [0.717, 1.165) is 0 Å². The first kappa shape index (κ1) is 24.2. The zero-order valence-electron chi connectivity index (χ0n) is 17.6. The highest BCUT2D eigenvalue weighted by atomic mass is 19.4. The van der Waals surface area contributed by atoms with Gasteiger partial charge in [0.05, 0.1) is 18.1 Å². The van der Waals surface area contributed by atoms with E-state index in [2.05, 4.69) is 20.3 Å². The van der Waals surface area contributed by atoms with Gasteiger partial charge in [-0.1, -0.05) is 0 Å². The van der Waals surface area contributed by atoms with Gasteiger partial charge in [-0.05, 0) is 51.4 Å². The molecule has 3 aliphatic carbocycles. The number of rotatable bonds is 7. The van der Waals surface area contributed by atoms with Gasteiger partial charge in [0.25, 0.3) is 0 Å². The normalized spacial score (nSPS) is 32.7. The molecule has 0 unspecified atom stereocenters. The number of alkyl halides is 6. The van der Waals surface area contributed by atoms with Gasteiger partial charge < -0.3 is 14.5 Å². The Hall–Kier alpha value is -1.89. The first-order valence-corrected chi connectivity index (χ1v) is 11.0. The summed E-state index contributed by atoms with van der Waals surface area (Å²) in [7, 11) is 0. The second kappa shape index (κ2) is 9.40. The molecule has 1 aromatic heterocycles. The van der Waals surface area contributed by atoms with Crippen molar-refractivity contribution in [3.63, 3.8) is 0 Å². The van der Waals surface area contributed by atoms with Crippen LogP contribution in [0.25, 0.3) is 0 Å². The molecule has 3 fully saturated rings. The van der Waals surface area contributed by atoms with E-state index < -0.39 is 30.7 Å². The maximum Gasteiger partial charge on any atom is 0.522 e. The number of amides is 1. The third-order valence-corrected chi connectivity index (χ3v) is 6.65. The number of nitrogens with one attached hydrogen (secondary N) is 1. The van der Waals surface area contributed by atoms with Gasteiger partial charge in [0, 0.05) is 17.9 Å². The predicted octanol–water partition coefficient (Wildman–Crippen LogP) is 4.35. The van der Waals surface area contributed by atoms with Crippen LogP contribution in [-0.2, 0) is 14.3 Å². The molecule has 1 N–H and O–H groups in total. The SMILES string of the molecule is O=C(CO[C@H]1C[C@@H](C(F)(F)F)C1)NC1CCC(c2nnc(C3CC(OC(F)(F)F)C3)o2)CC1. The molecule has 1 amide bonds. The lowest BCUT2D eigenvalue weighted by molar-refractivity contribution is -0.352. The molecule has 3 saturated carbocycles. The number of ether oxygens (including phenoxy) is 2. The van der Waals surface area contributed by atoms with Crippen LogP contribution in [0, 0.1) is 5.92 Å². The van der Waals surface area contributed by atoms with Crippen molar-refractivity contribution in [1.82, 2.24) is 15.5 Å². The summed E-state index contributed by atoms with van der Waals surface area (Å²) in [5.41, 5.74) is 0. The lowest BCUT2D eigenvalue weighted by Gasteiger charge is -2.36. The topological polar surface area (TPSA) is 86.5 Å². The van der Waals surface area contributed by atoms with Gasteiger partial charge in [-0.15, -0.1) is 23.4 Å². The van der Waals surface area contributed by atoms with Crippen molar-refractivity contribution >= 4 is 5.91 Å². The predicted molar refractivity (Wildman–Crippen MR) is 98.9 cm³/mol. The third-order valence-electron chi connectivity index (χ3n) is 6.65. The maximum absolute atomic E-state index is 12.5.